The van der Waals surface area contributed by atoms with Crippen LogP contribution in [0, 0.1) is 12.7 Å². The van der Waals surface area contributed by atoms with E-state index in [2.05, 4.69) is 4.72 Å². The van der Waals surface area contributed by atoms with Gasteiger partial charge in [0, 0.05) is 11.4 Å². The Bertz CT molecular complexity index is 1010. The Morgan fingerprint density at radius 3 is 2.72 bits per heavy atom. The lowest BCUT2D eigenvalue weighted by atomic mass is 10.2. The van der Waals surface area contributed by atoms with Gasteiger partial charge < -0.3 is 4.42 Å². The van der Waals surface area contributed by atoms with Gasteiger partial charge in [-0.15, -0.1) is 11.3 Å². The molecule has 130 valence electrons. The van der Waals surface area contributed by atoms with Gasteiger partial charge in [0.05, 0.1) is 16.0 Å². The van der Waals surface area contributed by atoms with E-state index in [1.807, 2.05) is 0 Å². The molecule has 0 unspecified atom stereocenters. The Balaban J connectivity index is 1.71. The lowest BCUT2D eigenvalue weighted by molar-refractivity contribution is 0.101. The second kappa shape index (κ2) is 6.91. The molecule has 1 N–H and O–H groups in total. The van der Waals surface area contributed by atoms with Gasteiger partial charge in [0.1, 0.15) is 5.82 Å². The van der Waals surface area contributed by atoms with E-state index in [0.29, 0.717) is 9.75 Å². The van der Waals surface area contributed by atoms with Gasteiger partial charge in [-0.1, -0.05) is 0 Å². The highest BCUT2D eigenvalue weighted by Crippen LogP contribution is 2.21. The van der Waals surface area contributed by atoms with E-state index < -0.39 is 15.8 Å². The molecule has 0 fully saturated rings. The molecule has 0 aliphatic carbocycles. The van der Waals surface area contributed by atoms with Crippen molar-refractivity contribution in [3.63, 3.8) is 0 Å². The first-order valence-electron chi connectivity index (χ1n) is 7.29. The van der Waals surface area contributed by atoms with E-state index in [0.717, 1.165) is 6.07 Å². The fourth-order valence-electron chi connectivity index (χ4n) is 2.16. The van der Waals surface area contributed by atoms with E-state index in [1.165, 1.54) is 36.7 Å². The Kier molecular flexibility index (Phi) is 4.85. The lowest BCUT2D eigenvalue weighted by Crippen LogP contribution is -2.22. The predicted octanol–water partition coefficient (Wildman–Crippen LogP) is 3.50. The minimum atomic E-state index is -3.77. The van der Waals surface area contributed by atoms with Gasteiger partial charge in [-0.3, -0.25) is 4.79 Å². The molecular formula is C17H14FNO4S2. The Hall–Kier alpha value is -2.29. The zero-order valence-corrected chi connectivity index (χ0v) is 14.8. The Labute approximate surface area is 148 Å². The number of halogens is 1. The van der Waals surface area contributed by atoms with Gasteiger partial charge in [-0.25, -0.2) is 17.5 Å². The summed E-state index contributed by atoms with van der Waals surface area (Å²) in [6.45, 7) is 1.54. The van der Waals surface area contributed by atoms with E-state index in [9.17, 15) is 17.6 Å². The van der Waals surface area contributed by atoms with Crippen LogP contribution >= 0.6 is 11.3 Å². The van der Waals surface area contributed by atoms with E-state index in [1.54, 1.807) is 24.3 Å². The Morgan fingerprint density at radius 2 is 2.04 bits per heavy atom. The summed E-state index contributed by atoms with van der Waals surface area (Å²) < 4.78 is 45.4. The highest BCUT2D eigenvalue weighted by Gasteiger charge is 2.17. The monoisotopic (exact) mass is 379 g/mol. The van der Waals surface area contributed by atoms with Crippen molar-refractivity contribution in [1.29, 1.82) is 0 Å². The fourth-order valence-corrected chi connectivity index (χ4v) is 4.23. The summed E-state index contributed by atoms with van der Waals surface area (Å²) in [4.78, 5) is 13.3. The third-order valence-corrected chi connectivity index (χ3v) is 5.99. The summed E-state index contributed by atoms with van der Waals surface area (Å²) >= 11 is 1.18. The molecule has 5 nitrogen and oxygen atoms in total. The third-order valence-electron chi connectivity index (χ3n) is 3.51. The number of hydrogen-bond donors (Lipinski definition) is 1. The standard InChI is InChI=1S/C17H14FNO4S2/c1-11-9-13(5-6-14(11)18)25(21,22)19-10-12-4-7-16(24-12)17(20)15-3-2-8-23-15/h2-9,19H,10H2,1H3. The van der Waals surface area contributed by atoms with Crippen molar-refractivity contribution >= 4 is 27.1 Å². The Morgan fingerprint density at radius 1 is 1.24 bits per heavy atom. The molecule has 0 amide bonds. The molecule has 0 saturated heterocycles. The average Bonchev–Trinajstić information content (AvgIpc) is 3.26. The first-order valence-corrected chi connectivity index (χ1v) is 9.59. The smallest absolute Gasteiger partial charge is 0.240 e. The molecule has 8 heteroatoms. The van der Waals surface area contributed by atoms with E-state index in [-0.39, 0.29) is 28.5 Å². The maximum absolute atomic E-state index is 13.3. The topological polar surface area (TPSA) is 76.4 Å². The van der Waals surface area contributed by atoms with Crippen molar-refractivity contribution in [2.24, 2.45) is 0 Å². The van der Waals surface area contributed by atoms with Crippen molar-refractivity contribution in [2.75, 3.05) is 0 Å². The summed E-state index contributed by atoms with van der Waals surface area (Å²) in [5, 5.41) is 0. The zero-order valence-electron chi connectivity index (χ0n) is 13.2. The largest absolute Gasteiger partial charge is 0.461 e. The maximum Gasteiger partial charge on any atom is 0.240 e. The molecule has 3 rings (SSSR count). The number of ketones is 1. The van der Waals surface area contributed by atoms with Crippen LogP contribution in [0.1, 0.15) is 25.9 Å². The summed E-state index contributed by atoms with van der Waals surface area (Å²) in [6, 6.07) is 10.1. The molecule has 0 aliphatic rings. The number of benzene rings is 1. The van der Waals surface area contributed by atoms with Gasteiger partial charge in [0.25, 0.3) is 0 Å². The molecule has 1 aromatic carbocycles. The summed E-state index contributed by atoms with van der Waals surface area (Å²) in [6.07, 6.45) is 1.42. The minimum absolute atomic E-state index is 0.00478. The van der Waals surface area contributed by atoms with Crippen molar-refractivity contribution in [3.8, 4) is 0 Å². The predicted molar refractivity (Wildman–Crippen MR) is 91.6 cm³/mol. The van der Waals surface area contributed by atoms with Crippen molar-refractivity contribution < 1.29 is 22.0 Å². The molecule has 3 aromatic rings. The molecule has 0 spiro atoms. The molecule has 0 saturated carbocycles. The van der Waals surface area contributed by atoms with Crippen LogP contribution in [0.5, 0.6) is 0 Å². The number of furan rings is 1. The average molecular weight is 379 g/mol. The molecule has 0 aliphatic heterocycles. The highest BCUT2D eigenvalue weighted by molar-refractivity contribution is 7.89. The first-order chi connectivity index (χ1) is 11.9. The number of rotatable bonds is 6. The number of nitrogens with one attached hydrogen (secondary N) is 1. The lowest BCUT2D eigenvalue weighted by Gasteiger charge is -2.07. The normalized spacial score (nSPS) is 11.6. The second-order valence-electron chi connectivity index (χ2n) is 5.31. The van der Waals surface area contributed by atoms with Crippen LogP contribution in [0.2, 0.25) is 0 Å². The summed E-state index contributed by atoms with van der Waals surface area (Å²) in [5.41, 5.74) is 0.255. The molecule has 25 heavy (non-hydrogen) atoms. The number of carbonyl (C=O) groups is 1. The minimum Gasteiger partial charge on any atom is -0.461 e. The van der Waals surface area contributed by atoms with Crippen LogP contribution < -0.4 is 4.72 Å². The van der Waals surface area contributed by atoms with Gasteiger partial charge in [0.15, 0.2) is 5.76 Å². The van der Waals surface area contributed by atoms with Crippen LogP contribution in [0.15, 0.2) is 58.0 Å². The molecule has 0 radical (unpaired) electrons. The molecule has 0 atom stereocenters. The number of aryl methyl sites for hydroxylation is 1. The van der Waals surface area contributed by atoms with Crippen LogP contribution in [0.4, 0.5) is 4.39 Å². The van der Waals surface area contributed by atoms with Crippen LogP contribution in [0.25, 0.3) is 0 Å². The quantitative estimate of drug-likeness (QED) is 0.665. The van der Waals surface area contributed by atoms with Crippen molar-refractivity contribution in [1.82, 2.24) is 4.72 Å². The zero-order chi connectivity index (χ0) is 18.0. The van der Waals surface area contributed by atoms with E-state index in [4.69, 9.17) is 4.42 Å². The number of hydrogen-bond acceptors (Lipinski definition) is 5. The van der Waals surface area contributed by atoms with Crippen molar-refractivity contribution in [3.05, 3.63) is 75.6 Å². The van der Waals surface area contributed by atoms with Gasteiger partial charge >= 0.3 is 0 Å². The molecule has 2 heterocycles. The second-order valence-corrected chi connectivity index (χ2v) is 8.24. The molecule has 0 bridgehead atoms. The summed E-state index contributed by atoms with van der Waals surface area (Å²) in [5.74, 6) is -0.479. The number of carbonyl (C=O) groups excluding carboxylic acids is 1. The fraction of sp³-hybridized carbons (Fsp3) is 0.118. The van der Waals surface area contributed by atoms with E-state index >= 15 is 0 Å². The van der Waals surface area contributed by atoms with Crippen LogP contribution in [-0.4, -0.2) is 14.2 Å². The van der Waals surface area contributed by atoms with Gasteiger partial charge in [0.2, 0.25) is 15.8 Å². The number of thiophene rings is 1. The maximum atomic E-state index is 13.3. The SMILES string of the molecule is Cc1cc(S(=O)(=O)NCc2ccc(C(=O)c3ccco3)s2)ccc1F. The van der Waals surface area contributed by atoms with Gasteiger partial charge in [-0.2, -0.15) is 0 Å². The molecular weight excluding hydrogens is 365 g/mol. The van der Waals surface area contributed by atoms with Crippen molar-refractivity contribution in [2.45, 2.75) is 18.4 Å². The van der Waals surface area contributed by atoms with Crippen LogP contribution in [-0.2, 0) is 16.6 Å². The first kappa shape index (κ1) is 17.5. The highest BCUT2D eigenvalue weighted by atomic mass is 32.2. The third kappa shape index (κ3) is 3.87. The number of sulfonamides is 1. The van der Waals surface area contributed by atoms with Gasteiger partial charge in [-0.05, 0) is 55.0 Å². The summed E-state index contributed by atoms with van der Waals surface area (Å²) in [7, 11) is -3.77. The molecule has 2 aromatic heterocycles. The van der Waals surface area contributed by atoms with Crippen LogP contribution in [0.3, 0.4) is 0 Å².